The molecular weight excluding hydrogens is 599 g/mol. The van der Waals surface area contributed by atoms with Gasteiger partial charge < -0.3 is 14.8 Å². The molecule has 40 heavy (non-hydrogen) atoms. The lowest BCUT2D eigenvalue weighted by atomic mass is 10.2. The molecule has 12 nitrogen and oxygen atoms in total. The second-order valence-corrected chi connectivity index (χ2v) is 10.8. The van der Waals surface area contributed by atoms with Crippen LogP contribution in [0.2, 0.25) is 10.0 Å². The van der Waals surface area contributed by atoms with Crippen molar-refractivity contribution in [1.82, 2.24) is 15.4 Å². The molecule has 4 amide bonds. The zero-order chi connectivity index (χ0) is 29.8. The highest BCUT2D eigenvalue weighted by Gasteiger charge is 2.52. The number of alkyl halides is 2. The smallest absolute Gasteiger partial charge is 0.349 e. The molecule has 0 saturated heterocycles. The molecule has 216 valence electrons. The highest BCUT2D eigenvalue weighted by molar-refractivity contribution is 7.89. The lowest BCUT2D eigenvalue weighted by molar-refractivity contribution is -0.123. The summed E-state index contributed by atoms with van der Waals surface area (Å²) in [6.45, 7) is 0.969. The Morgan fingerprint density at radius 3 is 2.30 bits per heavy atom. The van der Waals surface area contributed by atoms with Crippen LogP contribution >= 0.6 is 23.2 Å². The highest BCUT2D eigenvalue weighted by atomic mass is 35.5. The Bertz CT molecular complexity index is 1450. The number of benzene rings is 2. The Labute approximate surface area is 237 Å². The van der Waals surface area contributed by atoms with Crippen molar-refractivity contribution in [2.45, 2.75) is 36.6 Å². The van der Waals surface area contributed by atoms with Crippen molar-refractivity contribution in [2.24, 2.45) is 5.10 Å². The number of halogens is 4. The first-order valence-corrected chi connectivity index (χ1v) is 13.5. The van der Waals surface area contributed by atoms with Gasteiger partial charge in [0.1, 0.15) is 27.6 Å². The molecule has 17 heteroatoms. The number of urea groups is 1. The number of carbonyl (C=O) groups is 3. The maximum Gasteiger partial charge on any atom is 0.349 e. The second kappa shape index (κ2) is 12.3. The zero-order valence-corrected chi connectivity index (χ0v) is 23.5. The maximum atomic E-state index is 13.2. The second-order valence-electron chi connectivity index (χ2n) is 8.34. The molecule has 0 aliphatic heterocycles. The number of hydrazone groups is 1. The van der Waals surface area contributed by atoms with Crippen molar-refractivity contribution in [2.75, 3.05) is 19.2 Å². The molecule has 0 radical (unpaired) electrons. The number of nitrogens with one attached hydrogen (secondary N) is 3. The summed E-state index contributed by atoms with van der Waals surface area (Å²) >= 11 is 12.6. The first-order chi connectivity index (χ1) is 18.8. The normalized spacial score (nSPS) is 14.3. The van der Waals surface area contributed by atoms with Gasteiger partial charge in [0.05, 0.1) is 22.8 Å². The van der Waals surface area contributed by atoms with Crippen LogP contribution in [0.5, 0.6) is 17.2 Å². The highest BCUT2D eigenvalue weighted by Crippen LogP contribution is 2.42. The van der Waals surface area contributed by atoms with Crippen LogP contribution in [-0.4, -0.2) is 58.6 Å². The molecule has 0 atom stereocenters. The van der Waals surface area contributed by atoms with E-state index >= 15 is 0 Å². The molecule has 0 spiro atoms. The van der Waals surface area contributed by atoms with E-state index in [-0.39, 0.29) is 44.3 Å². The van der Waals surface area contributed by atoms with E-state index in [1.807, 2.05) is 0 Å². The van der Waals surface area contributed by atoms with Gasteiger partial charge in [-0.15, -0.1) is 0 Å². The van der Waals surface area contributed by atoms with Crippen LogP contribution in [0.15, 0.2) is 40.3 Å². The van der Waals surface area contributed by atoms with E-state index in [2.05, 4.69) is 15.1 Å². The van der Waals surface area contributed by atoms with Crippen molar-refractivity contribution < 1.29 is 41.1 Å². The Hall–Kier alpha value is -3.53. The van der Waals surface area contributed by atoms with Crippen LogP contribution in [0.4, 0.5) is 19.3 Å². The number of rotatable bonds is 11. The number of hydrogen-bond acceptors (Lipinski definition) is 8. The fourth-order valence-corrected chi connectivity index (χ4v) is 5.56. The third kappa shape index (κ3) is 6.78. The molecule has 3 N–H and O–H groups in total. The number of nitrogens with zero attached hydrogens (tertiary/aromatic N) is 2. The topological polar surface area (TPSA) is 156 Å². The average Bonchev–Trinajstić information content (AvgIpc) is 3.68. The number of amides is 4. The van der Waals surface area contributed by atoms with Crippen molar-refractivity contribution in [3.8, 4) is 17.2 Å². The van der Waals surface area contributed by atoms with Crippen LogP contribution < -0.4 is 29.8 Å². The minimum atomic E-state index is -4.28. The molecule has 2 aromatic rings. The van der Waals surface area contributed by atoms with E-state index in [1.165, 1.54) is 26.3 Å². The number of carbonyl (C=O) groups excluding carboxylic acids is 3. The molecule has 1 aliphatic rings. The summed E-state index contributed by atoms with van der Waals surface area (Å²) in [4.78, 5) is 34.8. The molecule has 1 aliphatic carbocycles. The van der Waals surface area contributed by atoms with Gasteiger partial charge in [0.25, 0.3) is 6.43 Å². The number of hydrogen-bond donors (Lipinski definition) is 3. The summed E-state index contributed by atoms with van der Waals surface area (Å²) in [5, 5.41) is 7.76. The third-order valence-corrected chi connectivity index (χ3v) is 7.68. The fraction of sp³-hybridized carbons (Fsp3) is 0.304. The van der Waals surface area contributed by atoms with Gasteiger partial charge >= 0.3 is 6.03 Å². The number of methoxy groups -OCH3 is 1. The summed E-state index contributed by atoms with van der Waals surface area (Å²) < 4.78 is 65.8. The van der Waals surface area contributed by atoms with Crippen LogP contribution in [-0.2, 0) is 19.6 Å². The number of ether oxygens (including phenoxy) is 2. The molecule has 0 heterocycles. The molecule has 1 saturated carbocycles. The number of likely N-dealkylation sites (N-methyl/N-ethyl adjacent to an activating group) is 1. The lowest BCUT2D eigenvalue weighted by Gasteiger charge is -2.20. The van der Waals surface area contributed by atoms with Crippen molar-refractivity contribution in [1.29, 1.82) is 0 Å². The predicted molar refractivity (Wildman–Crippen MR) is 142 cm³/mol. The van der Waals surface area contributed by atoms with E-state index in [4.69, 9.17) is 32.7 Å². The lowest BCUT2D eigenvalue weighted by Crippen LogP contribution is -2.47. The fourth-order valence-electron chi connectivity index (χ4n) is 3.40. The van der Waals surface area contributed by atoms with E-state index in [1.54, 1.807) is 5.32 Å². The Morgan fingerprint density at radius 1 is 1.18 bits per heavy atom. The number of sulfonamides is 1. The summed E-state index contributed by atoms with van der Waals surface area (Å²) in [5.41, 5.74) is -2.20. The summed E-state index contributed by atoms with van der Waals surface area (Å²) in [7, 11) is -1.62. The molecular formula is C23H23Cl2F2N5O7S. The summed E-state index contributed by atoms with van der Waals surface area (Å²) in [6.07, 6.45) is -2.34. The quantitative estimate of drug-likeness (QED) is 0.196. The molecule has 1 fully saturated rings. The van der Waals surface area contributed by atoms with E-state index in [0.29, 0.717) is 17.9 Å². The SMILES string of the molecule is CNC(=O)C1(NS(=O)(=O)c2cc(Oc3c(Cl)cc(N(/N=C(\C)C(F)F)C(=O)NC=O)cc3Cl)ccc2OC)CC1. The zero-order valence-electron chi connectivity index (χ0n) is 21.1. The van der Waals surface area contributed by atoms with Crippen LogP contribution in [0, 0.1) is 0 Å². The average molecular weight is 622 g/mol. The number of imide groups is 1. The van der Waals surface area contributed by atoms with E-state index in [0.717, 1.165) is 25.1 Å². The summed E-state index contributed by atoms with van der Waals surface area (Å²) in [5.74, 6) is -0.748. The largest absolute Gasteiger partial charge is 0.495 e. The van der Waals surface area contributed by atoms with Gasteiger partial charge in [0, 0.05) is 13.1 Å². The van der Waals surface area contributed by atoms with Gasteiger partial charge in [0.15, 0.2) is 5.75 Å². The van der Waals surface area contributed by atoms with Gasteiger partial charge in [-0.05, 0) is 44.0 Å². The Balaban J connectivity index is 1.98. The number of anilines is 1. The third-order valence-electron chi connectivity index (χ3n) is 5.56. The van der Waals surface area contributed by atoms with Gasteiger partial charge in [-0.2, -0.15) is 14.8 Å². The molecule has 0 bridgehead atoms. The van der Waals surface area contributed by atoms with Crippen LogP contribution in [0.25, 0.3) is 0 Å². The Kier molecular flexibility index (Phi) is 9.56. The van der Waals surface area contributed by atoms with Crippen LogP contribution in [0.1, 0.15) is 19.8 Å². The molecule has 0 aromatic heterocycles. The van der Waals surface area contributed by atoms with Crippen molar-refractivity contribution in [3.63, 3.8) is 0 Å². The van der Waals surface area contributed by atoms with E-state index < -0.39 is 39.6 Å². The summed E-state index contributed by atoms with van der Waals surface area (Å²) in [6, 6.07) is 4.86. The molecule has 3 rings (SSSR count). The Morgan fingerprint density at radius 2 is 1.80 bits per heavy atom. The van der Waals surface area contributed by atoms with Gasteiger partial charge in [-0.3, -0.25) is 14.9 Å². The maximum absolute atomic E-state index is 13.2. The van der Waals surface area contributed by atoms with Gasteiger partial charge in [-0.1, -0.05) is 23.2 Å². The molecule has 2 aromatic carbocycles. The van der Waals surface area contributed by atoms with Crippen LogP contribution in [0.3, 0.4) is 0 Å². The first kappa shape index (κ1) is 31.0. The van der Waals surface area contributed by atoms with Crippen molar-refractivity contribution >= 4 is 63.0 Å². The minimum Gasteiger partial charge on any atom is -0.495 e. The van der Waals surface area contributed by atoms with E-state index in [9.17, 15) is 31.6 Å². The first-order valence-electron chi connectivity index (χ1n) is 11.3. The molecule has 0 unspecified atom stereocenters. The van der Waals surface area contributed by atoms with Crippen molar-refractivity contribution in [3.05, 3.63) is 40.4 Å². The van der Waals surface area contributed by atoms with Gasteiger partial charge in [0.2, 0.25) is 22.3 Å². The van der Waals surface area contributed by atoms with Gasteiger partial charge in [-0.25, -0.2) is 22.0 Å². The predicted octanol–water partition coefficient (Wildman–Crippen LogP) is 3.66. The monoisotopic (exact) mass is 621 g/mol. The minimum absolute atomic E-state index is 0.0349. The standard InChI is InChI=1S/C23H23Cl2F2N5O7S/c1-12(20(26)27)30-32(22(35)29-11-33)13-8-15(24)19(16(25)9-13)39-14-4-5-17(38-3)18(10-14)40(36,37)31-23(6-7-23)21(34)28-2/h4-5,8-11,20,31H,6-7H2,1-3H3,(H,28,34)(H,29,33,35)/b30-12+.